The molecule has 9 fully saturated rings. The fourth-order valence-corrected chi connectivity index (χ4v) is 19.0. The van der Waals surface area contributed by atoms with Gasteiger partial charge in [-0.2, -0.15) is 0 Å². The lowest BCUT2D eigenvalue weighted by Gasteiger charge is -2.67. The maximum Gasteiger partial charge on any atom is 0.0708 e. The Balaban J connectivity index is 0.746. The molecule has 16 aliphatic rings. The van der Waals surface area contributed by atoms with E-state index in [1.807, 2.05) is 43.6 Å². The average molecular weight is 1100 g/mol. The van der Waals surface area contributed by atoms with Crippen molar-refractivity contribution >= 4 is 0 Å². The largest absolute Gasteiger partial charge is 0.256 e. The van der Waals surface area contributed by atoms with Crippen LogP contribution in [0, 0.1) is 56.7 Å². The lowest BCUT2D eigenvalue weighted by Crippen LogP contribution is -2.57. The number of pyridine rings is 3. The minimum absolute atomic E-state index is 0.00145. The molecule has 12 aliphatic carbocycles. The third kappa shape index (κ3) is 10.5. The molecule has 16 bridgehead atoms. The predicted molar refractivity (Wildman–Crippen MR) is 338 cm³/mol. The number of rotatable bonds is 6. The summed E-state index contributed by atoms with van der Waals surface area (Å²) in [5.41, 5.74) is 7.56. The van der Waals surface area contributed by atoms with Crippen molar-refractivity contribution in [1.29, 1.82) is 0 Å². The van der Waals surface area contributed by atoms with E-state index in [0.29, 0.717) is 61.9 Å². The number of benzene rings is 4. The molecule has 7 aromatic rings. The molecule has 422 valence electrons. The van der Waals surface area contributed by atoms with Crippen molar-refractivity contribution in [1.82, 2.24) is 15.0 Å². The summed E-state index contributed by atoms with van der Waals surface area (Å²) in [5.74, 6) is -0.485. The van der Waals surface area contributed by atoms with Crippen LogP contribution in [0.25, 0.3) is 44.9 Å². The Bertz CT molecular complexity index is 4050. The van der Waals surface area contributed by atoms with E-state index in [4.69, 9.17) is 17.7 Å². The summed E-state index contributed by atoms with van der Waals surface area (Å²) < 4.78 is 129. The van der Waals surface area contributed by atoms with E-state index in [1.54, 1.807) is 42.6 Å². The van der Waals surface area contributed by atoms with E-state index < -0.39 is 71.7 Å². The van der Waals surface area contributed by atoms with Crippen LogP contribution in [0.5, 0.6) is 0 Å². The number of hydrogen-bond acceptors (Lipinski definition) is 3. The van der Waals surface area contributed by atoms with Gasteiger partial charge in [0.25, 0.3) is 0 Å². The highest BCUT2D eigenvalue weighted by atomic mass is 14.7. The minimum Gasteiger partial charge on any atom is -0.256 e. The van der Waals surface area contributed by atoms with Crippen molar-refractivity contribution in [2.24, 2.45) is 49.7 Å². The molecule has 0 amide bonds. The highest BCUT2D eigenvalue weighted by Gasteiger charge is 2.63. The Morgan fingerprint density at radius 1 is 0.512 bits per heavy atom. The van der Waals surface area contributed by atoms with E-state index in [1.165, 1.54) is 0 Å². The van der Waals surface area contributed by atoms with Crippen LogP contribution in [0.3, 0.4) is 0 Å². The molecule has 82 heavy (non-hydrogen) atoms. The molecule has 4 spiro atoms. The van der Waals surface area contributed by atoms with Crippen molar-refractivity contribution in [3.63, 3.8) is 0 Å². The monoisotopic (exact) mass is 1090 g/mol. The maximum absolute atomic E-state index is 10.4. The SMILES string of the molecule is [2H]C([2H])C12CC3CC4(CCc5ccc(nc5)-c5ccc(cc5)CCC56CC7CC(C5)(CC(C([2H])([2H])C([2H])([2H])c5ccc(-c8cc(-c9ccc(C%10([2H])CCC(C)(C)CC%10)cc9)c(C)cn8)cc5)(C7)C6)C([2H])([2H])C([2H])([2H])c5ccc(cc5)-c5ccc(cn5)CC([2H])([2H])C(C3)(C4)C1)C2. The first-order valence-electron chi connectivity index (χ1n) is 38.0. The fourth-order valence-electron chi connectivity index (χ4n) is 19.0. The standard InChI is InChI=1S/C79H91N3/c1-55-46-80-72(39-69(55)65-21-19-63(20-22-65)64-30-32-73(2,3)33-31-64)68-17-9-58(10-18-68)27-36-79-45-62-43-77(53-79)34-25-56-5-13-66(14-6-56)70-23-11-59(47-81-70)28-37-75-41-61-40-74(4,49-75)50-76(42-61,51-75)38-29-60-12-24-71(82-48-60)67-15-7-57(8-16-67)26-35-78(44-62,52-77)54-79/h5-24,39,46-48,61-62,64H,25-38,40-45,49-54H2,1-4H3/i4D2,25D2,27D2,34D2,36D2,37D2,64D. The van der Waals surface area contributed by atoms with Crippen LogP contribution in [0.15, 0.2) is 146 Å². The van der Waals surface area contributed by atoms with Gasteiger partial charge in [-0.05, 0) is 298 Å². The molecule has 0 radical (unpaired) electrons. The van der Waals surface area contributed by atoms with Crippen LogP contribution < -0.4 is 0 Å². The van der Waals surface area contributed by atoms with Crippen LogP contribution in [-0.2, 0) is 32.0 Å². The maximum atomic E-state index is 10.4. The van der Waals surface area contributed by atoms with Crippen LogP contribution in [0.2, 0.25) is 0 Å². The summed E-state index contributed by atoms with van der Waals surface area (Å²) in [6, 6.07) is 40.9. The molecule has 7 heterocycles. The van der Waals surface area contributed by atoms with Crippen molar-refractivity contribution in [3.05, 3.63) is 185 Å². The van der Waals surface area contributed by atoms with Gasteiger partial charge < -0.3 is 0 Å². The third-order valence-electron chi connectivity index (χ3n) is 22.1. The Labute approximate surface area is 510 Å². The van der Waals surface area contributed by atoms with Gasteiger partial charge in [0, 0.05) is 53.1 Å². The summed E-state index contributed by atoms with van der Waals surface area (Å²) in [6.45, 7) is 5.59. The second-order valence-electron chi connectivity index (χ2n) is 29.3. The van der Waals surface area contributed by atoms with Gasteiger partial charge in [0.15, 0.2) is 0 Å². The second kappa shape index (κ2) is 20.3. The van der Waals surface area contributed by atoms with E-state index in [-0.39, 0.29) is 46.6 Å². The summed E-state index contributed by atoms with van der Waals surface area (Å²) in [4.78, 5) is 14.7. The van der Waals surface area contributed by atoms with Crippen LogP contribution >= 0.6 is 0 Å². The minimum atomic E-state index is -2.55. The Morgan fingerprint density at radius 2 is 1.05 bits per heavy atom. The zero-order valence-electron chi connectivity index (χ0n) is 61.8. The Kier molecular flexibility index (Phi) is 10.0. The summed E-state index contributed by atoms with van der Waals surface area (Å²) in [7, 11) is 0. The fraction of sp³-hybridized carbons (Fsp3) is 0.506. The van der Waals surface area contributed by atoms with E-state index in [2.05, 4.69) is 80.6 Å². The summed E-state index contributed by atoms with van der Waals surface area (Å²) in [5, 5.41) is 0. The van der Waals surface area contributed by atoms with Gasteiger partial charge in [0.2, 0.25) is 0 Å². The van der Waals surface area contributed by atoms with Crippen molar-refractivity contribution in [3.8, 4) is 44.9 Å². The number of aryl methyl sites for hydroxylation is 6. The number of aromatic nitrogens is 3. The zero-order valence-corrected chi connectivity index (χ0v) is 48.8. The first-order chi connectivity index (χ1) is 44.7. The molecule has 3 heteroatoms. The van der Waals surface area contributed by atoms with E-state index in [9.17, 15) is 15.1 Å². The molecule has 3 nitrogen and oxygen atoms in total. The Hall–Kier alpha value is -5.67. The van der Waals surface area contributed by atoms with E-state index in [0.717, 1.165) is 133 Å². The topological polar surface area (TPSA) is 38.7 Å². The first kappa shape index (κ1) is 40.6. The van der Waals surface area contributed by atoms with Gasteiger partial charge in [0.1, 0.15) is 0 Å². The van der Waals surface area contributed by atoms with Gasteiger partial charge >= 0.3 is 0 Å². The molecule has 4 aromatic carbocycles. The lowest BCUT2D eigenvalue weighted by molar-refractivity contribution is -0.166. The zero-order chi connectivity index (χ0) is 66.8. The van der Waals surface area contributed by atoms with Gasteiger partial charge in [-0.15, -0.1) is 0 Å². The van der Waals surface area contributed by atoms with Crippen molar-refractivity contribution in [2.45, 2.75) is 200 Å². The molecule has 23 rings (SSSR count). The molecule has 8 atom stereocenters. The van der Waals surface area contributed by atoms with Crippen molar-refractivity contribution < 1.29 is 17.8 Å². The Morgan fingerprint density at radius 3 is 1.72 bits per heavy atom. The average Bonchev–Trinajstić information content (AvgIpc) is 0.657. The second-order valence-corrected chi connectivity index (χ2v) is 29.3. The lowest BCUT2D eigenvalue weighted by atomic mass is 9.37. The summed E-state index contributed by atoms with van der Waals surface area (Å²) >= 11 is 0. The molecular weight excluding hydrogens is 991 g/mol. The molecular formula is C79H91N3. The molecule has 0 N–H and O–H groups in total. The number of nitrogens with zero attached hydrogens (tertiary/aromatic N) is 3. The van der Waals surface area contributed by atoms with Gasteiger partial charge in [0.05, 0.1) is 17.1 Å². The molecule has 4 aliphatic heterocycles. The molecule has 8 unspecified atom stereocenters. The first-order valence-corrected chi connectivity index (χ1v) is 31.4. The molecule has 9 saturated carbocycles. The van der Waals surface area contributed by atoms with Gasteiger partial charge in [-0.25, -0.2) is 0 Å². The predicted octanol–water partition coefficient (Wildman–Crippen LogP) is 20.5. The van der Waals surface area contributed by atoms with Crippen molar-refractivity contribution in [2.75, 3.05) is 0 Å². The normalized spacial score (nSPS) is 36.9. The quantitative estimate of drug-likeness (QED) is 0.167. The summed E-state index contributed by atoms with van der Waals surface area (Å²) in [6.07, 6.45) is 7.47. The van der Waals surface area contributed by atoms with Crippen LogP contribution in [0.4, 0.5) is 0 Å². The van der Waals surface area contributed by atoms with Gasteiger partial charge in [-0.1, -0.05) is 130 Å². The highest BCUT2D eigenvalue weighted by molar-refractivity contribution is 5.73. The molecule has 0 saturated heterocycles. The third-order valence-corrected chi connectivity index (χ3v) is 22.1. The molecule has 3 aromatic heterocycles. The van der Waals surface area contributed by atoms with Gasteiger partial charge in [-0.3, -0.25) is 15.0 Å². The smallest absolute Gasteiger partial charge is 0.0708 e. The van der Waals surface area contributed by atoms with E-state index >= 15 is 0 Å². The highest BCUT2D eigenvalue weighted by Crippen LogP contribution is 2.74. The van der Waals surface area contributed by atoms with Crippen LogP contribution in [-0.4, -0.2) is 15.0 Å². The van der Waals surface area contributed by atoms with Crippen LogP contribution in [0.1, 0.15) is 218 Å². The number of hydrogen-bond donors (Lipinski definition) is 0.